The number of nitrogens with zero attached hydrogens (tertiary/aromatic N) is 2. The van der Waals surface area contributed by atoms with Gasteiger partial charge < -0.3 is 28.6 Å². The number of rotatable bonds is 7. The molecule has 3 rings (SSSR count). The Bertz CT molecular complexity index is 984. The third-order valence-corrected chi connectivity index (χ3v) is 3.88. The highest BCUT2D eigenvalue weighted by Crippen LogP contribution is 2.32. The Morgan fingerprint density at radius 2 is 1.79 bits per heavy atom. The smallest absolute Gasteiger partial charge is 0.342 e. The molecule has 1 heterocycles. The minimum atomic E-state index is -0.748. The molecule has 146 valence electrons. The van der Waals surface area contributed by atoms with Crippen molar-refractivity contribution < 1.29 is 33.4 Å². The molecular weight excluding hydrogens is 368 g/mol. The largest absolute Gasteiger partial charge is 0.504 e. The van der Waals surface area contributed by atoms with Gasteiger partial charge in [0.25, 0.3) is 5.89 Å². The molecule has 0 bridgehead atoms. The van der Waals surface area contributed by atoms with E-state index in [1.807, 2.05) is 0 Å². The topological polar surface area (TPSA) is 113 Å². The first kappa shape index (κ1) is 19.0. The van der Waals surface area contributed by atoms with Gasteiger partial charge in [-0.15, -0.1) is 0 Å². The van der Waals surface area contributed by atoms with Crippen molar-refractivity contribution in [3.63, 3.8) is 0 Å². The van der Waals surface area contributed by atoms with E-state index in [-0.39, 0.29) is 29.6 Å². The minimum Gasteiger partial charge on any atom is -0.504 e. The Kier molecular flexibility index (Phi) is 5.64. The molecule has 0 radical (unpaired) electrons. The average Bonchev–Trinajstić information content (AvgIpc) is 3.20. The number of benzene rings is 2. The van der Waals surface area contributed by atoms with Crippen LogP contribution in [0.1, 0.15) is 16.2 Å². The molecule has 9 heteroatoms. The summed E-state index contributed by atoms with van der Waals surface area (Å²) in [5, 5.41) is 13.9. The fraction of sp³-hybridized carbons (Fsp3) is 0.211. The first-order valence-electron chi connectivity index (χ1n) is 8.15. The SMILES string of the molecule is COc1ccc(-c2noc(COC(=O)c3cccc(OC)c3O)n2)cc1OC. The number of esters is 1. The molecular formula is C19H18N2O7. The van der Waals surface area contributed by atoms with E-state index in [1.165, 1.54) is 26.4 Å². The zero-order chi connectivity index (χ0) is 20.1. The molecule has 0 aliphatic rings. The van der Waals surface area contributed by atoms with E-state index in [0.29, 0.717) is 22.9 Å². The molecule has 0 fully saturated rings. The van der Waals surface area contributed by atoms with Crippen molar-refractivity contribution in [1.82, 2.24) is 10.1 Å². The molecule has 0 aliphatic heterocycles. The van der Waals surface area contributed by atoms with Gasteiger partial charge in [0.1, 0.15) is 5.56 Å². The van der Waals surface area contributed by atoms with Gasteiger partial charge in [-0.05, 0) is 30.3 Å². The number of hydrogen-bond donors (Lipinski definition) is 1. The lowest BCUT2D eigenvalue weighted by atomic mass is 10.2. The number of phenolic OH excluding ortho intramolecular Hbond substituents is 1. The van der Waals surface area contributed by atoms with E-state index in [4.69, 9.17) is 23.5 Å². The average molecular weight is 386 g/mol. The van der Waals surface area contributed by atoms with Crippen molar-refractivity contribution in [1.29, 1.82) is 0 Å². The lowest BCUT2D eigenvalue weighted by Crippen LogP contribution is -2.06. The van der Waals surface area contributed by atoms with Crippen LogP contribution in [0.4, 0.5) is 0 Å². The van der Waals surface area contributed by atoms with Crippen molar-refractivity contribution in [3.05, 3.63) is 47.9 Å². The van der Waals surface area contributed by atoms with Gasteiger partial charge in [0.05, 0.1) is 21.3 Å². The van der Waals surface area contributed by atoms with Crippen LogP contribution in [0.3, 0.4) is 0 Å². The van der Waals surface area contributed by atoms with Crippen LogP contribution in [0, 0.1) is 0 Å². The number of phenols is 1. The molecule has 3 aromatic rings. The fourth-order valence-corrected chi connectivity index (χ4v) is 2.46. The highest BCUT2D eigenvalue weighted by Gasteiger charge is 2.18. The van der Waals surface area contributed by atoms with Gasteiger partial charge in [-0.2, -0.15) is 4.98 Å². The molecule has 0 aliphatic carbocycles. The second-order valence-corrected chi connectivity index (χ2v) is 5.51. The van der Waals surface area contributed by atoms with E-state index in [9.17, 15) is 9.90 Å². The molecule has 1 N–H and O–H groups in total. The molecule has 0 saturated heterocycles. The summed E-state index contributed by atoms with van der Waals surface area (Å²) in [6, 6.07) is 9.68. The Morgan fingerprint density at radius 1 is 1.04 bits per heavy atom. The first-order valence-corrected chi connectivity index (χ1v) is 8.15. The predicted octanol–water partition coefficient (Wildman–Crippen LogP) is 2.83. The minimum absolute atomic E-state index is 0.0287. The number of hydrogen-bond acceptors (Lipinski definition) is 9. The van der Waals surface area contributed by atoms with Crippen LogP contribution in [0.5, 0.6) is 23.0 Å². The van der Waals surface area contributed by atoms with Gasteiger partial charge in [-0.1, -0.05) is 11.2 Å². The molecule has 0 amide bonds. The van der Waals surface area contributed by atoms with Crippen LogP contribution in [-0.4, -0.2) is 42.5 Å². The van der Waals surface area contributed by atoms with E-state index in [1.54, 1.807) is 31.4 Å². The molecule has 0 spiro atoms. The van der Waals surface area contributed by atoms with Crippen LogP contribution >= 0.6 is 0 Å². The Morgan fingerprint density at radius 3 is 2.50 bits per heavy atom. The third-order valence-electron chi connectivity index (χ3n) is 3.88. The number of para-hydroxylation sites is 1. The maximum atomic E-state index is 12.2. The van der Waals surface area contributed by atoms with E-state index >= 15 is 0 Å². The maximum absolute atomic E-state index is 12.2. The van der Waals surface area contributed by atoms with E-state index in [2.05, 4.69) is 10.1 Å². The summed E-state index contributed by atoms with van der Waals surface area (Å²) in [6.07, 6.45) is 0. The van der Waals surface area contributed by atoms with Crippen LogP contribution in [0.15, 0.2) is 40.9 Å². The maximum Gasteiger partial charge on any atom is 0.342 e. The van der Waals surface area contributed by atoms with Gasteiger partial charge in [0.2, 0.25) is 5.82 Å². The quantitative estimate of drug-likeness (QED) is 0.612. The number of methoxy groups -OCH3 is 3. The highest BCUT2D eigenvalue weighted by molar-refractivity contribution is 5.93. The van der Waals surface area contributed by atoms with Crippen LogP contribution < -0.4 is 14.2 Å². The molecule has 0 atom stereocenters. The number of aromatic hydroxyl groups is 1. The van der Waals surface area contributed by atoms with Gasteiger partial charge in [-0.25, -0.2) is 4.79 Å². The zero-order valence-electron chi connectivity index (χ0n) is 15.5. The van der Waals surface area contributed by atoms with Crippen LogP contribution in [0.25, 0.3) is 11.4 Å². The summed E-state index contributed by atoms with van der Waals surface area (Å²) in [7, 11) is 4.45. The van der Waals surface area contributed by atoms with Gasteiger partial charge >= 0.3 is 5.97 Å². The lowest BCUT2D eigenvalue weighted by molar-refractivity contribution is 0.0426. The lowest BCUT2D eigenvalue weighted by Gasteiger charge is -2.08. The number of carbonyl (C=O) groups excluding carboxylic acids is 1. The van der Waals surface area contributed by atoms with Crippen molar-refractivity contribution in [2.24, 2.45) is 0 Å². The van der Waals surface area contributed by atoms with Gasteiger partial charge in [-0.3, -0.25) is 0 Å². The molecule has 0 saturated carbocycles. The summed E-state index contributed by atoms with van der Waals surface area (Å²) in [6.45, 7) is -0.254. The molecule has 28 heavy (non-hydrogen) atoms. The first-order chi connectivity index (χ1) is 13.6. The van der Waals surface area contributed by atoms with Gasteiger partial charge in [0.15, 0.2) is 29.6 Å². The number of ether oxygens (including phenoxy) is 4. The highest BCUT2D eigenvalue weighted by atomic mass is 16.6. The Labute approximate surface area is 160 Å². The normalized spacial score (nSPS) is 10.4. The molecule has 9 nitrogen and oxygen atoms in total. The number of carbonyl (C=O) groups is 1. The van der Waals surface area contributed by atoms with Crippen LogP contribution in [0.2, 0.25) is 0 Å². The van der Waals surface area contributed by atoms with Crippen molar-refractivity contribution in [3.8, 4) is 34.4 Å². The van der Waals surface area contributed by atoms with Crippen molar-refractivity contribution >= 4 is 5.97 Å². The molecule has 0 unspecified atom stereocenters. The second-order valence-electron chi connectivity index (χ2n) is 5.51. The molecule has 1 aromatic heterocycles. The van der Waals surface area contributed by atoms with E-state index < -0.39 is 5.97 Å². The zero-order valence-corrected chi connectivity index (χ0v) is 15.5. The summed E-state index contributed by atoms with van der Waals surface area (Å²) in [4.78, 5) is 16.4. The predicted molar refractivity (Wildman–Crippen MR) is 96.6 cm³/mol. The monoisotopic (exact) mass is 386 g/mol. The molecule has 2 aromatic carbocycles. The summed E-state index contributed by atoms with van der Waals surface area (Å²) in [5.41, 5.74) is 0.614. The van der Waals surface area contributed by atoms with Crippen molar-refractivity contribution in [2.75, 3.05) is 21.3 Å². The van der Waals surface area contributed by atoms with Crippen molar-refractivity contribution in [2.45, 2.75) is 6.61 Å². The Balaban J connectivity index is 1.71. The summed E-state index contributed by atoms with van der Waals surface area (Å²) < 4.78 is 25.6. The number of aromatic nitrogens is 2. The summed E-state index contributed by atoms with van der Waals surface area (Å²) in [5.74, 6) is 0.613. The Hall–Kier alpha value is -3.75. The van der Waals surface area contributed by atoms with Gasteiger partial charge in [0, 0.05) is 5.56 Å². The fourth-order valence-electron chi connectivity index (χ4n) is 2.46. The standard InChI is InChI=1S/C19H18N2O7/c1-24-13-8-7-11(9-15(13)26-3)18-20-16(28-21-18)10-27-19(23)12-5-4-6-14(25-2)17(12)22/h4-9,22H,10H2,1-3H3. The second kappa shape index (κ2) is 8.30. The van der Waals surface area contributed by atoms with E-state index in [0.717, 1.165) is 0 Å². The van der Waals surface area contributed by atoms with Crippen LogP contribution in [-0.2, 0) is 11.3 Å². The third kappa shape index (κ3) is 3.83. The summed E-state index contributed by atoms with van der Waals surface area (Å²) >= 11 is 0.